The summed E-state index contributed by atoms with van der Waals surface area (Å²) in [5.41, 5.74) is 2.10. The van der Waals surface area contributed by atoms with Gasteiger partial charge >= 0.3 is 0 Å². The van der Waals surface area contributed by atoms with Crippen LogP contribution in [0.5, 0.6) is 0 Å². The van der Waals surface area contributed by atoms with Crippen molar-refractivity contribution in [2.45, 2.75) is 37.3 Å². The first-order chi connectivity index (χ1) is 12.9. The van der Waals surface area contributed by atoms with Crippen LogP contribution in [-0.4, -0.2) is 50.0 Å². The Morgan fingerprint density at radius 1 is 1.41 bits per heavy atom. The minimum atomic E-state index is -0.839. The van der Waals surface area contributed by atoms with Gasteiger partial charge in [0.2, 0.25) is 0 Å². The molecule has 1 aromatic carbocycles. The molecule has 1 aliphatic carbocycles. The highest BCUT2D eigenvalue weighted by Crippen LogP contribution is 2.58. The predicted octanol–water partition coefficient (Wildman–Crippen LogP) is 2.53. The number of hydrogen-bond acceptors (Lipinski definition) is 4. The number of amides is 1. The van der Waals surface area contributed by atoms with Gasteiger partial charge in [0.15, 0.2) is 0 Å². The summed E-state index contributed by atoms with van der Waals surface area (Å²) >= 11 is 0. The summed E-state index contributed by atoms with van der Waals surface area (Å²) in [4.78, 5) is 19.1. The molecule has 6 rings (SSSR count). The zero-order chi connectivity index (χ0) is 19.0. The average molecular weight is 370 g/mol. The Hall–Kier alpha value is -1.73. The van der Waals surface area contributed by atoms with Crippen LogP contribution < -0.4 is 5.06 Å². The first-order valence-corrected chi connectivity index (χ1v) is 9.75. The maximum atomic E-state index is 13.7. The Morgan fingerprint density at radius 2 is 2.19 bits per heavy atom. The second kappa shape index (κ2) is 5.64. The Balaban J connectivity index is 1.72. The number of rotatable bonds is 1. The Labute approximate surface area is 159 Å². The number of hydroxylamine groups is 4. The van der Waals surface area contributed by atoms with E-state index in [1.165, 1.54) is 17.7 Å². The number of likely N-dealkylation sites (tertiary alicyclic amines) is 1. The summed E-state index contributed by atoms with van der Waals surface area (Å²) in [7, 11) is 3.28. The maximum absolute atomic E-state index is 13.7. The molecule has 1 spiro atoms. The van der Waals surface area contributed by atoms with Crippen LogP contribution in [0.15, 0.2) is 35.9 Å². The highest BCUT2D eigenvalue weighted by atomic mass is 16.7. The molecule has 6 atom stereocenters. The van der Waals surface area contributed by atoms with Crippen LogP contribution >= 0.6 is 0 Å². The Kier molecular flexibility index (Phi) is 3.63. The van der Waals surface area contributed by atoms with Gasteiger partial charge in [-0.1, -0.05) is 24.3 Å². The van der Waals surface area contributed by atoms with E-state index < -0.39 is 5.41 Å². The van der Waals surface area contributed by atoms with Crippen molar-refractivity contribution in [3.05, 3.63) is 46.7 Å². The largest absolute Gasteiger partial charge is 0.633 e. The zero-order valence-electron chi connectivity index (χ0n) is 16.1. The first-order valence-electron chi connectivity index (χ1n) is 9.75. The highest BCUT2D eigenvalue weighted by Gasteiger charge is 2.66. The monoisotopic (exact) mass is 370 g/mol. The Bertz CT molecular complexity index is 835. The molecule has 27 heavy (non-hydrogen) atoms. The van der Waals surface area contributed by atoms with E-state index in [-0.39, 0.29) is 28.6 Å². The molecule has 1 saturated carbocycles. The standard InChI is InChI=1S/C21H26N2O4/c1-4-13-11-23(2,25)18-10-21(19-9-14(13)15(18)12-27-19)16-7-5-6-8-17(16)22(26-3)20(21)24/h4-8,14-15,18-19H,9-12H2,1-3H3/b13-4+/t14-,15-,18-,19+,21-,23-/m0/s1. The van der Waals surface area contributed by atoms with Crippen molar-refractivity contribution < 1.29 is 19.0 Å². The summed E-state index contributed by atoms with van der Waals surface area (Å²) in [6.07, 6.45) is 3.18. The molecule has 0 aromatic heterocycles. The van der Waals surface area contributed by atoms with Crippen LogP contribution in [0, 0.1) is 17.0 Å². The molecule has 4 aliphatic heterocycles. The summed E-state index contributed by atoms with van der Waals surface area (Å²) in [5, 5.41) is 15.0. The molecule has 4 fully saturated rings. The van der Waals surface area contributed by atoms with Gasteiger partial charge < -0.3 is 14.6 Å². The average Bonchev–Trinajstić information content (AvgIpc) is 2.78. The fraction of sp³-hybridized carbons (Fsp3) is 0.571. The fourth-order valence-corrected chi connectivity index (χ4v) is 6.20. The number of ether oxygens (including phenoxy) is 1. The van der Waals surface area contributed by atoms with Crippen LogP contribution in [0.1, 0.15) is 25.3 Å². The second-order valence-corrected chi connectivity index (χ2v) is 8.57. The molecule has 4 heterocycles. The zero-order valence-corrected chi connectivity index (χ0v) is 16.1. The molecule has 4 bridgehead atoms. The second-order valence-electron chi connectivity index (χ2n) is 8.57. The molecule has 6 heteroatoms. The van der Waals surface area contributed by atoms with E-state index >= 15 is 0 Å². The number of quaternary nitrogens is 1. The van der Waals surface area contributed by atoms with Gasteiger partial charge in [0.1, 0.15) is 12.0 Å². The molecule has 5 aliphatic rings. The number of carbonyl (C=O) groups is 1. The van der Waals surface area contributed by atoms with Crippen LogP contribution in [0.25, 0.3) is 0 Å². The van der Waals surface area contributed by atoms with E-state index in [1.807, 2.05) is 31.2 Å². The van der Waals surface area contributed by atoms with Crippen LogP contribution in [0.4, 0.5) is 5.69 Å². The maximum Gasteiger partial charge on any atom is 0.264 e. The van der Waals surface area contributed by atoms with Gasteiger partial charge in [0.05, 0.1) is 38.6 Å². The fourth-order valence-electron chi connectivity index (χ4n) is 6.20. The van der Waals surface area contributed by atoms with E-state index in [4.69, 9.17) is 9.57 Å². The van der Waals surface area contributed by atoms with Gasteiger partial charge in [-0.25, -0.2) is 0 Å². The molecule has 0 N–H and O–H groups in total. The van der Waals surface area contributed by atoms with Gasteiger partial charge in [-0.05, 0) is 36.5 Å². The van der Waals surface area contributed by atoms with E-state index in [2.05, 4.69) is 6.08 Å². The van der Waals surface area contributed by atoms with E-state index in [1.54, 1.807) is 7.05 Å². The Morgan fingerprint density at radius 3 is 2.93 bits per heavy atom. The highest BCUT2D eigenvalue weighted by molar-refractivity contribution is 6.07. The third-order valence-corrected chi connectivity index (χ3v) is 7.45. The predicted molar refractivity (Wildman–Crippen MR) is 101 cm³/mol. The normalized spacial score (nSPS) is 44.1. The third-order valence-electron chi connectivity index (χ3n) is 7.45. The summed E-state index contributed by atoms with van der Waals surface area (Å²) in [5.74, 6) is 0.404. The number of fused-ring (bicyclic) bond motifs is 2. The lowest BCUT2D eigenvalue weighted by atomic mass is 9.72. The molecular formula is C21H26N2O4. The number of likely N-dealkylation sites (N-methyl/N-ethyl adjacent to an activating group) is 1. The number of allylic oxidation sites excluding steroid dienone is 1. The van der Waals surface area contributed by atoms with Crippen molar-refractivity contribution in [1.29, 1.82) is 0 Å². The van der Waals surface area contributed by atoms with Gasteiger partial charge in [-0.2, -0.15) is 5.06 Å². The first kappa shape index (κ1) is 17.4. The molecule has 1 amide bonds. The van der Waals surface area contributed by atoms with Gasteiger partial charge in [0.25, 0.3) is 5.91 Å². The molecule has 0 radical (unpaired) electrons. The molecule has 3 saturated heterocycles. The SMILES string of the molecule is C/C=C1\C[N@+](C)([O-])[C@H]2C[C@@]3(C(=O)N(OC)c4ccccc43)[C@H]3C[C@@H]1[C@@H]2CO3. The third kappa shape index (κ3) is 2.07. The van der Waals surface area contributed by atoms with Crippen LogP contribution in [0.2, 0.25) is 0 Å². The summed E-state index contributed by atoms with van der Waals surface area (Å²) < 4.78 is 5.97. The smallest absolute Gasteiger partial charge is 0.264 e. The van der Waals surface area contributed by atoms with Crippen molar-refractivity contribution in [2.75, 3.05) is 32.4 Å². The molecule has 6 nitrogen and oxygen atoms in total. The number of nitrogens with zero attached hydrogens (tertiary/aromatic N) is 2. The lowest BCUT2D eigenvalue weighted by Gasteiger charge is -2.55. The van der Waals surface area contributed by atoms with Crippen molar-refractivity contribution >= 4 is 11.6 Å². The lowest BCUT2D eigenvalue weighted by molar-refractivity contribution is -0.892. The molecule has 0 unspecified atom stereocenters. The van der Waals surface area contributed by atoms with Gasteiger partial charge in [-0.3, -0.25) is 9.63 Å². The number of anilines is 1. The van der Waals surface area contributed by atoms with Crippen molar-refractivity contribution in [2.24, 2.45) is 11.8 Å². The van der Waals surface area contributed by atoms with E-state index in [0.717, 1.165) is 17.7 Å². The quantitative estimate of drug-likeness (QED) is 0.433. The molecule has 144 valence electrons. The topological polar surface area (TPSA) is 61.8 Å². The summed E-state index contributed by atoms with van der Waals surface area (Å²) in [6, 6.07) is 7.64. The summed E-state index contributed by atoms with van der Waals surface area (Å²) in [6.45, 7) is 3.08. The van der Waals surface area contributed by atoms with Crippen molar-refractivity contribution in [3.8, 4) is 0 Å². The number of piperidine rings is 1. The van der Waals surface area contributed by atoms with Crippen LogP contribution in [0.3, 0.4) is 0 Å². The van der Waals surface area contributed by atoms with Crippen molar-refractivity contribution in [3.63, 3.8) is 0 Å². The minimum Gasteiger partial charge on any atom is -0.633 e. The number of para-hydroxylation sites is 1. The van der Waals surface area contributed by atoms with E-state index in [0.29, 0.717) is 25.5 Å². The van der Waals surface area contributed by atoms with Crippen molar-refractivity contribution in [1.82, 2.24) is 0 Å². The lowest BCUT2D eigenvalue weighted by Crippen LogP contribution is -2.59. The van der Waals surface area contributed by atoms with Gasteiger partial charge in [-0.15, -0.1) is 0 Å². The van der Waals surface area contributed by atoms with Crippen LogP contribution in [-0.2, 0) is 19.8 Å². The van der Waals surface area contributed by atoms with Gasteiger partial charge in [0, 0.05) is 12.3 Å². The van der Waals surface area contributed by atoms with E-state index in [9.17, 15) is 10.0 Å². The minimum absolute atomic E-state index is 0.0913. The number of carbonyl (C=O) groups excluding carboxylic acids is 1. The number of benzene rings is 1. The number of hydrogen-bond donors (Lipinski definition) is 0. The molecule has 1 aromatic rings. The molecular weight excluding hydrogens is 344 g/mol.